The lowest BCUT2D eigenvalue weighted by molar-refractivity contribution is -0.143. The minimum Gasteiger partial charge on any atom is -0.488 e. The molecule has 1 aromatic heterocycles. The molecule has 30 heavy (non-hydrogen) atoms. The van der Waals surface area contributed by atoms with Gasteiger partial charge in [-0.05, 0) is 48.7 Å². The van der Waals surface area contributed by atoms with Crippen molar-refractivity contribution in [2.75, 3.05) is 11.9 Å². The van der Waals surface area contributed by atoms with Gasteiger partial charge in [-0.1, -0.05) is 36.4 Å². The number of benzene rings is 2. The number of amides is 1. The van der Waals surface area contributed by atoms with Crippen molar-refractivity contribution in [3.8, 4) is 5.75 Å². The van der Waals surface area contributed by atoms with Gasteiger partial charge in [-0.25, -0.2) is 0 Å². The predicted molar refractivity (Wildman–Crippen MR) is 114 cm³/mol. The first-order valence-corrected chi connectivity index (χ1v) is 9.82. The SMILES string of the molecule is CCOC(=O)CCc1ccc(OCc2ccccc2)c(C(=O)Nc2cccnc2)c1. The van der Waals surface area contributed by atoms with Crippen LogP contribution in [0.5, 0.6) is 5.75 Å². The molecule has 154 valence electrons. The summed E-state index contributed by atoms with van der Waals surface area (Å²) in [4.78, 5) is 28.6. The number of carbonyl (C=O) groups is 2. The largest absolute Gasteiger partial charge is 0.488 e. The van der Waals surface area contributed by atoms with Crippen LogP contribution >= 0.6 is 0 Å². The number of pyridine rings is 1. The molecular weight excluding hydrogens is 380 g/mol. The lowest BCUT2D eigenvalue weighted by atomic mass is 10.0. The third kappa shape index (κ3) is 6.17. The lowest BCUT2D eigenvalue weighted by Gasteiger charge is -2.14. The zero-order valence-corrected chi connectivity index (χ0v) is 16.8. The van der Waals surface area contributed by atoms with Crippen molar-refractivity contribution < 1.29 is 19.1 Å². The normalized spacial score (nSPS) is 10.3. The van der Waals surface area contributed by atoms with Crippen LogP contribution < -0.4 is 10.1 Å². The summed E-state index contributed by atoms with van der Waals surface area (Å²) in [6.45, 7) is 2.47. The van der Waals surface area contributed by atoms with Crippen LogP contribution in [0.3, 0.4) is 0 Å². The Morgan fingerprint density at radius 1 is 1.00 bits per heavy atom. The highest BCUT2D eigenvalue weighted by Crippen LogP contribution is 2.24. The van der Waals surface area contributed by atoms with Crippen molar-refractivity contribution in [1.29, 1.82) is 0 Å². The third-order valence-electron chi connectivity index (χ3n) is 4.37. The van der Waals surface area contributed by atoms with E-state index in [-0.39, 0.29) is 18.3 Å². The molecule has 0 aliphatic rings. The van der Waals surface area contributed by atoms with Gasteiger partial charge in [-0.15, -0.1) is 0 Å². The van der Waals surface area contributed by atoms with Crippen molar-refractivity contribution in [3.05, 3.63) is 89.7 Å². The van der Waals surface area contributed by atoms with E-state index in [1.54, 1.807) is 43.6 Å². The summed E-state index contributed by atoms with van der Waals surface area (Å²) in [7, 11) is 0. The van der Waals surface area contributed by atoms with Gasteiger partial charge in [0.15, 0.2) is 0 Å². The van der Waals surface area contributed by atoms with E-state index in [4.69, 9.17) is 9.47 Å². The molecule has 0 saturated carbocycles. The number of aromatic nitrogens is 1. The van der Waals surface area contributed by atoms with Crippen LogP contribution in [0.4, 0.5) is 5.69 Å². The molecule has 1 amide bonds. The molecular formula is C24H24N2O4. The highest BCUT2D eigenvalue weighted by molar-refractivity contribution is 6.06. The standard InChI is InChI=1S/C24H24N2O4/c1-2-29-23(27)13-11-18-10-12-22(30-17-19-7-4-3-5-8-19)21(15-18)24(28)26-20-9-6-14-25-16-20/h3-10,12,14-16H,2,11,13,17H2,1H3,(H,26,28). The summed E-state index contributed by atoms with van der Waals surface area (Å²) in [5.74, 6) is -0.0903. The molecule has 0 spiro atoms. The summed E-state index contributed by atoms with van der Waals surface area (Å²) in [6, 6.07) is 18.6. The van der Waals surface area contributed by atoms with Crippen LogP contribution in [0.2, 0.25) is 0 Å². The number of aryl methyl sites for hydroxylation is 1. The van der Waals surface area contributed by atoms with Crippen LogP contribution in [-0.2, 0) is 22.6 Å². The predicted octanol–water partition coefficient (Wildman–Crippen LogP) is 4.41. The average molecular weight is 404 g/mol. The van der Waals surface area contributed by atoms with Gasteiger partial charge in [0.2, 0.25) is 0 Å². The summed E-state index contributed by atoms with van der Waals surface area (Å²) in [5.41, 5.74) is 2.85. The monoisotopic (exact) mass is 404 g/mol. The maximum Gasteiger partial charge on any atom is 0.306 e. The highest BCUT2D eigenvalue weighted by Gasteiger charge is 2.15. The van der Waals surface area contributed by atoms with Crippen LogP contribution in [0.15, 0.2) is 73.1 Å². The van der Waals surface area contributed by atoms with Gasteiger partial charge in [-0.2, -0.15) is 0 Å². The Bertz CT molecular complexity index is 975. The van der Waals surface area contributed by atoms with E-state index >= 15 is 0 Å². The first-order valence-electron chi connectivity index (χ1n) is 9.82. The van der Waals surface area contributed by atoms with Crippen LogP contribution in [0, 0.1) is 0 Å². The molecule has 0 fully saturated rings. The molecule has 6 heteroatoms. The fourth-order valence-corrected chi connectivity index (χ4v) is 2.89. The zero-order chi connectivity index (χ0) is 21.2. The Kier molecular flexibility index (Phi) is 7.55. The molecule has 0 radical (unpaired) electrons. The second-order valence-electron chi connectivity index (χ2n) is 6.61. The van der Waals surface area contributed by atoms with E-state index in [1.165, 1.54) is 0 Å². The van der Waals surface area contributed by atoms with Gasteiger partial charge in [0.05, 0.1) is 24.1 Å². The first kappa shape index (κ1) is 21.0. The molecule has 0 unspecified atom stereocenters. The number of ether oxygens (including phenoxy) is 2. The highest BCUT2D eigenvalue weighted by atomic mass is 16.5. The van der Waals surface area contributed by atoms with Crippen molar-refractivity contribution >= 4 is 17.6 Å². The van der Waals surface area contributed by atoms with Crippen molar-refractivity contribution in [3.63, 3.8) is 0 Å². The molecule has 6 nitrogen and oxygen atoms in total. The number of rotatable bonds is 9. The molecule has 1 heterocycles. The van der Waals surface area contributed by atoms with Crippen molar-refractivity contribution in [2.45, 2.75) is 26.4 Å². The van der Waals surface area contributed by atoms with Crippen LogP contribution in [0.1, 0.15) is 34.8 Å². The van der Waals surface area contributed by atoms with Gasteiger partial charge in [0.1, 0.15) is 12.4 Å². The number of nitrogens with one attached hydrogen (secondary N) is 1. The number of nitrogens with zero attached hydrogens (tertiary/aromatic N) is 1. The van der Waals surface area contributed by atoms with Crippen LogP contribution in [0.25, 0.3) is 0 Å². The zero-order valence-electron chi connectivity index (χ0n) is 16.8. The molecule has 3 aromatic rings. The maximum atomic E-state index is 12.9. The smallest absolute Gasteiger partial charge is 0.306 e. The molecule has 0 atom stereocenters. The second kappa shape index (κ2) is 10.8. The van der Waals surface area contributed by atoms with Gasteiger partial charge in [0.25, 0.3) is 5.91 Å². The van der Waals surface area contributed by atoms with E-state index in [0.29, 0.717) is 36.6 Å². The Morgan fingerprint density at radius 3 is 2.57 bits per heavy atom. The van der Waals surface area contributed by atoms with Gasteiger partial charge in [0, 0.05) is 12.6 Å². The summed E-state index contributed by atoms with van der Waals surface area (Å²) in [5, 5.41) is 2.84. The molecule has 0 bridgehead atoms. The third-order valence-corrected chi connectivity index (χ3v) is 4.37. The molecule has 1 N–H and O–H groups in total. The second-order valence-corrected chi connectivity index (χ2v) is 6.61. The Balaban J connectivity index is 1.79. The fourth-order valence-electron chi connectivity index (χ4n) is 2.89. The van der Waals surface area contributed by atoms with Gasteiger partial charge >= 0.3 is 5.97 Å². The van der Waals surface area contributed by atoms with E-state index in [9.17, 15) is 9.59 Å². The number of esters is 1. The number of carbonyl (C=O) groups excluding carboxylic acids is 2. The Morgan fingerprint density at radius 2 is 1.83 bits per heavy atom. The van der Waals surface area contributed by atoms with Crippen molar-refractivity contribution in [1.82, 2.24) is 4.98 Å². The number of anilines is 1. The lowest BCUT2D eigenvalue weighted by Crippen LogP contribution is -2.14. The molecule has 3 rings (SSSR count). The van der Waals surface area contributed by atoms with E-state index in [2.05, 4.69) is 10.3 Å². The first-order chi connectivity index (χ1) is 14.7. The van der Waals surface area contributed by atoms with Crippen LogP contribution in [-0.4, -0.2) is 23.5 Å². The fraction of sp³-hybridized carbons (Fsp3) is 0.208. The van der Waals surface area contributed by atoms with E-state index in [1.807, 2.05) is 36.4 Å². The van der Waals surface area contributed by atoms with Gasteiger partial charge in [-0.3, -0.25) is 14.6 Å². The maximum absolute atomic E-state index is 12.9. The minimum atomic E-state index is -0.302. The Hall–Kier alpha value is -3.67. The van der Waals surface area contributed by atoms with E-state index < -0.39 is 0 Å². The average Bonchev–Trinajstić information content (AvgIpc) is 2.78. The molecule has 0 aliphatic heterocycles. The minimum absolute atomic E-state index is 0.252. The van der Waals surface area contributed by atoms with Gasteiger partial charge < -0.3 is 14.8 Å². The Labute approximate surface area is 175 Å². The number of hydrogen-bond acceptors (Lipinski definition) is 5. The topological polar surface area (TPSA) is 77.5 Å². The summed E-state index contributed by atoms with van der Waals surface area (Å²) < 4.78 is 10.9. The quantitative estimate of drug-likeness (QED) is 0.535. The molecule has 0 saturated heterocycles. The van der Waals surface area contributed by atoms with Crippen molar-refractivity contribution in [2.24, 2.45) is 0 Å². The molecule has 2 aromatic carbocycles. The molecule has 0 aliphatic carbocycles. The summed E-state index contributed by atoms with van der Waals surface area (Å²) in [6.07, 6.45) is 3.94. The van der Waals surface area contributed by atoms with E-state index in [0.717, 1.165) is 11.1 Å². The summed E-state index contributed by atoms with van der Waals surface area (Å²) >= 11 is 0. The number of hydrogen-bond donors (Lipinski definition) is 1.